The molecule has 0 aliphatic rings. The third-order valence-corrected chi connectivity index (χ3v) is 4.25. The first-order chi connectivity index (χ1) is 11.3. The van der Waals surface area contributed by atoms with Crippen LogP contribution in [-0.2, 0) is 7.05 Å². The Morgan fingerprint density at radius 2 is 2.04 bits per heavy atom. The summed E-state index contributed by atoms with van der Waals surface area (Å²) in [5, 5.41) is 14.4. The Bertz CT molecular complexity index is 1040. The molecule has 0 spiro atoms. The first kappa shape index (κ1) is 20.6. The number of pyridine rings is 1. The van der Waals surface area contributed by atoms with Crippen molar-refractivity contribution in [1.29, 1.82) is 0 Å². The van der Waals surface area contributed by atoms with Gasteiger partial charge in [0.05, 0.1) is 22.6 Å². The van der Waals surface area contributed by atoms with E-state index in [9.17, 15) is 19.1 Å². The van der Waals surface area contributed by atoms with Crippen LogP contribution in [0, 0.1) is 16.3 Å². The molecule has 1 N–H and O–H groups in total. The molecule has 6 nitrogen and oxygen atoms in total. The van der Waals surface area contributed by atoms with Crippen LogP contribution in [0.1, 0.15) is 16.1 Å². The predicted molar refractivity (Wildman–Crippen MR) is 92.9 cm³/mol. The number of aromatic nitrogens is 1. The summed E-state index contributed by atoms with van der Waals surface area (Å²) in [6.07, 6.45) is 0. The minimum Gasteiger partial charge on any atom is -0.545 e. The van der Waals surface area contributed by atoms with E-state index in [4.69, 9.17) is 4.42 Å². The van der Waals surface area contributed by atoms with Crippen LogP contribution in [0.3, 0.4) is 0 Å². The van der Waals surface area contributed by atoms with Gasteiger partial charge >= 0.3 is 51.4 Å². The molecule has 3 aromatic rings. The van der Waals surface area contributed by atoms with Crippen molar-refractivity contribution < 1.29 is 70.1 Å². The summed E-state index contributed by atoms with van der Waals surface area (Å²) < 4.78 is 21.2. The Morgan fingerprint density at radius 3 is 2.64 bits per heavy atom. The molecule has 0 atom stereocenters. The quantitative estimate of drug-likeness (QED) is 0.396. The summed E-state index contributed by atoms with van der Waals surface area (Å²) in [6, 6.07) is 5.85. The van der Waals surface area contributed by atoms with Gasteiger partial charge in [0, 0.05) is 10.6 Å². The van der Waals surface area contributed by atoms with Crippen LogP contribution in [0.2, 0.25) is 0 Å². The molecular formula is C16H11FIKN2O4. The Hall–Kier alpha value is -0.724. The van der Waals surface area contributed by atoms with Gasteiger partial charge in [-0.1, -0.05) is 0 Å². The van der Waals surface area contributed by atoms with E-state index in [1.807, 2.05) is 22.6 Å². The smallest absolute Gasteiger partial charge is 0.545 e. The van der Waals surface area contributed by atoms with Crippen molar-refractivity contribution >= 4 is 51.0 Å². The third kappa shape index (κ3) is 3.86. The number of fused-ring (bicyclic) bond motifs is 1. The van der Waals surface area contributed by atoms with Gasteiger partial charge in [0.15, 0.2) is 5.58 Å². The molecule has 0 bridgehead atoms. The van der Waals surface area contributed by atoms with Gasteiger partial charge in [-0.05, 0) is 53.8 Å². The summed E-state index contributed by atoms with van der Waals surface area (Å²) >= 11 is 1.95. The van der Waals surface area contributed by atoms with Crippen LogP contribution < -0.4 is 67.4 Å². The largest absolute Gasteiger partial charge is 1.00 e. The number of hydrogen-bond acceptors (Lipinski definition) is 5. The number of aromatic carboxylic acids is 1. The van der Waals surface area contributed by atoms with Crippen molar-refractivity contribution in [3.05, 3.63) is 55.3 Å². The number of halogens is 2. The summed E-state index contributed by atoms with van der Waals surface area (Å²) in [6.45, 7) is 1.60. The van der Waals surface area contributed by atoms with Crippen molar-refractivity contribution in [2.45, 2.75) is 6.92 Å². The summed E-state index contributed by atoms with van der Waals surface area (Å²) in [5.74, 6) is -1.82. The minimum absolute atomic E-state index is 0. The number of nitrogens with zero attached hydrogens (tertiary/aromatic N) is 1. The van der Waals surface area contributed by atoms with Crippen molar-refractivity contribution in [3.63, 3.8) is 0 Å². The molecule has 0 radical (unpaired) electrons. The average molecular weight is 480 g/mol. The number of aryl methyl sites for hydroxylation is 1. The van der Waals surface area contributed by atoms with Crippen LogP contribution in [0.5, 0.6) is 0 Å². The zero-order valence-corrected chi connectivity index (χ0v) is 18.9. The third-order valence-electron chi connectivity index (χ3n) is 3.58. The van der Waals surface area contributed by atoms with Gasteiger partial charge in [0.2, 0.25) is 0 Å². The van der Waals surface area contributed by atoms with E-state index in [-0.39, 0.29) is 79.4 Å². The maximum absolute atomic E-state index is 14.1. The Morgan fingerprint density at radius 1 is 1.36 bits per heavy atom. The number of rotatable bonds is 3. The predicted octanol–water partition coefficient (Wildman–Crippen LogP) is -0.705. The van der Waals surface area contributed by atoms with Crippen LogP contribution in [0.4, 0.5) is 15.9 Å². The molecule has 0 amide bonds. The van der Waals surface area contributed by atoms with Crippen molar-refractivity contribution in [3.8, 4) is 0 Å². The standard InChI is InChI=1S/C16H12FIN2O4.K/c1-7-5-9-13(24-7)12(16(22)23)14(20(2)15(9)21)19-11-4-3-8(18)6-10(11)17;/h3-6,19H,1-2H3,(H,22,23);/q;+1/p-1. The molecule has 0 unspecified atom stereocenters. The molecule has 9 heteroatoms. The number of nitrogens with one attached hydrogen (secondary N) is 1. The normalized spacial score (nSPS) is 10.6. The number of anilines is 2. The van der Waals surface area contributed by atoms with Gasteiger partial charge in [0.1, 0.15) is 17.4 Å². The second-order valence-electron chi connectivity index (χ2n) is 5.22. The van der Waals surface area contributed by atoms with E-state index < -0.39 is 17.3 Å². The van der Waals surface area contributed by atoms with Crippen molar-refractivity contribution in [2.75, 3.05) is 5.32 Å². The van der Waals surface area contributed by atoms with Gasteiger partial charge in [-0.15, -0.1) is 0 Å². The average Bonchev–Trinajstić information content (AvgIpc) is 2.88. The van der Waals surface area contributed by atoms with Gasteiger partial charge in [-0.3, -0.25) is 9.36 Å². The number of benzene rings is 1. The van der Waals surface area contributed by atoms with Crippen molar-refractivity contribution in [1.82, 2.24) is 4.57 Å². The van der Waals surface area contributed by atoms with Gasteiger partial charge in [0.25, 0.3) is 5.56 Å². The second-order valence-corrected chi connectivity index (χ2v) is 6.47. The minimum atomic E-state index is -1.53. The van der Waals surface area contributed by atoms with Crippen LogP contribution >= 0.6 is 22.6 Å². The molecule has 1 aromatic carbocycles. The first-order valence-corrected chi connectivity index (χ1v) is 7.94. The molecule has 25 heavy (non-hydrogen) atoms. The molecule has 0 fully saturated rings. The Balaban J connectivity index is 0.00000225. The summed E-state index contributed by atoms with van der Waals surface area (Å²) in [5.41, 5.74) is -0.849. The number of carbonyl (C=O) groups excluding carboxylic acids is 1. The molecule has 0 saturated carbocycles. The van der Waals surface area contributed by atoms with Gasteiger partial charge in [-0.2, -0.15) is 0 Å². The zero-order chi connectivity index (χ0) is 17.6. The molecule has 124 valence electrons. The Labute approximate surface area is 198 Å². The molecule has 2 aromatic heterocycles. The molecule has 0 aliphatic carbocycles. The van der Waals surface area contributed by atoms with Crippen LogP contribution in [0.15, 0.2) is 33.5 Å². The molecule has 0 aliphatic heterocycles. The fourth-order valence-corrected chi connectivity index (χ4v) is 2.92. The first-order valence-electron chi connectivity index (χ1n) is 6.86. The zero-order valence-electron chi connectivity index (χ0n) is 13.6. The SMILES string of the molecule is Cc1cc2c(=O)n(C)c(Nc3ccc(I)cc3F)c(C(=O)[O-])c2o1.[K+]. The van der Waals surface area contributed by atoms with E-state index in [0.29, 0.717) is 9.33 Å². The number of hydrogen-bond donors (Lipinski definition) is 1. The van der Waals surface area contributed by atoms with Gasteiger partial charge in [-0.25, -0.2) is 4.39 Å². The van der Waals surface area contributed by atoms with E-state index >= 15 is 0 Å². The second kappa shape index (κ2) is 7.88. The molecular weight excluding hydrogens is 469 g/mol. The molecule has 2 heterocycles. The fraction of sp³-hybridized carbons (Fsp3) is 0.125. The van der Waals surface area contributed by atoms with Crippen molar-refractivity contribution in [2.24, 2.45) is 7.05 Å². The number of carboxylic acid groups (broad SMARTS) is 1. The van der Waals surface area contributed by atoms with Gasteiger partial charge < -0.3 is 19.6 Å². The van der Waals surface area contributed by atoms with E-state index in [1.165, 1.54) is 25.2 Å². The number of furan rings is 1. The van der Waals surface area contributed by atoms with E-state index in [0.717, 1.165) is 4.57 Å². The Kier molecular flexibility index (Phi) is 6.49. The van der Waals surface area contributed by atoms with E-state index in [2.05, 4.69) is 5.32 Å². The monoisotopic (exact) mass is 480 g/mol. The molecule has 3 rings (SSSR count). The maximum atomic E-state index is 14.1. The topological polar surface area (TPSA) is 87.3 Å². The van der Waals surface area contributed by atoms with Crippen LogP contribution in [0.25, 0.3) is 11.0 Å². The van der Waals surface area contributed by atoms with Crippen LogP contribution in [-0.4, -0.2) is 10.5 Å². The summed E-state index contributed by atoms with van der Waals surface area (Å²) in [4.78, 5) is 24.0. The maximum Gasteiger partial charge on any atom is 1.00 e. The number of carboxylic acids is 1. The van der Waals surface area contributed by atoms with E-state index in [1.54, 1.807) is 13.0 Å². The summed E-state index contributed by atoms with van der Waals surface area (Å²) in [7, 11) is 1.39. The number of carbonyl (C=O) groups is 1. The fourth-order valence-electron chi connectivity index (χ4n) is 2.47. The molecule has 0 saturated heterocycles.